The highest BCUT2D eigenvalue weighted by molar-refractivity contribution is 7.71. The summed E-state index contributed by atoms with van der Waals surface area (Å²) in [4.78, 5) is 42.4. The molecule has 1 heterocycles. The molecule has 0 spiro atoms. The van der Waals surface area contributed by atoms with Crippen LogP contribution < -0.4 is 10.9 Å². The number of nitrogens with one attached hydrogen (secondary N) is 2. The fraction of sp³-hybridized carbons (Fsp3) is 0.0833. The largest absolute Gasteiger partial charge is 0.332 e. The van der Waals surface area contributed by atoms with Crippen LogP contribution in [0.1, 0.15) is 10.4 Å². The number of nitrogens with zero attached hydrogens (tertiary/aromatic N) is 2. The molecule has 10 heteroatoms. The van der Waals surface area contributed by atoms with Gasteiger partial charge in [-0.3, -0.25) is 14.4 Å². The first kappa shape index (κ1) is 23.3. The van der Waals surface area contributed by atoms with Gasteiger partial charge in [-0.15, -0.1) is 0 Å². The van der Waals surface area contributed by atoms with E-state index in [0.29, 0.717) is 16.2 Å². The fourth-order valence-electron chi connectivity index (χ4n) is 3.48. The Morgan fingerprint density at radius 2 is 1.88 bits per heavy atom. The van der Waals surface area contributed by atoms with Gasteiger partial charge in [-0.2, -0.15) is 0 Å². The molecule has 0 aliphatic heterocycles. The second-order valence-corrected chi connectivity index (χ2v) is 8.33. The lowest BCUT2D eigenvalue weighted by Gasteiger charge is -2.17. The normalized spacial score (nSPS) is 10.8. The van der Waals surface area contributed by atoms with Crippen LogP contribution in [0.2, 0.25) is 5.02 Å². The quantitative estimate of drug-likeness (QED) is 0.397. The lowest BCUT2D eigenvalue weighted by molar-refractivity contribution is -0.116. The monoisotopic (exact) mass is 496 g/mol. The number of H-pyrrole nitrogens is 1. The Morgan fingerprint density at radius 3 is 2.62 bits per heavy atom. The van der Waals surface area contributed by atoms with Crippen molar-refractivity contribution in [2.75, 3.05) is 18.9 Å². The molecule has 7 nitrogen and oxygen atoms in total. The van der Waals surface area contributed by atoms with Gasteiger partial charge in [-0.25, -0.2) is 8.96 Å². The first-order valence-corrected chi connectivity index (χ1v) is 10.9. The van der Waals surface area contributed by atoms with E-state index in [0.717, 1.165) is 4.57 Å². The molecule has 2 N–H and O–H groups in total. The zero-order valence-electron chi connectivity index (χ0n) is 17.8. The summed E-state index contributed by atoms with van der Waals surface area (Å²) in [6.07, 6.45) is 0. The number of hydrogen-bond donors (Lipinski definition) is 2. The van der Waals surface area contributed by atoms with E-state index in [4.69, 9.17) is 23.8 Å². The van der Waals surface area contributed by atoms with E-state index >= 15 is 0 Å². The maximum Gasteiger partial charge on any atom is 0.266 e. The smallest absolute Gasteiger partial charge is 0.266 e. The van der Waals surface area contributed by atoms with Crippen LogP contribution in [-0.2, 0) is 4.79 Å². The van der Waals surface area contributed by atoms with E-state index in [2.05, 4.69) is 10.3 Å². The van der Waals surface area contributed by atoms with E-state index in [1.807, 2.05) is 0 Å². The number of likely N-dealkylation sites (N-methyl/N-ethyl adjacent to an activating group) is 1. The molecular formula is C24H18ClFN4O3S. The summed E-state index contributed by atoms with van der Waals surface area (Å²) < 4.78 is 15.3. The van der Waals surface area contributed by atoms with Gasteiger partial charge in [0.2, 0.25) is 5.91 Å². The molecule has 0 radical (unpaired) electrons. The number of fused-ring (bicyclic) bond motifs is 1. The molecule has 0 bridgehead atoms. The van der Waals surface area contributed by atoms with Crippen LogP contribution in [0.4, 0.5) is 10.1 Å². The van der Waals surface area contributed by atoms with Crippen molar-refractivity contribution in [3.8, 4) is 5.69 Å². The molecule has 0 aliphatic carbocycles. The van der Waals surface area contributed by atoms with E-state index < -0.39 is 23.2 Å². The Labute approximate surface area is 203 Å². The molecule has 34 heavy (non-hydrogen) atoms. The molecule has 3 aromatic carbocycles. The third kappa shape index (κ3) is 4.75. The minimum atomic E-state index is -0.590. The van der Waals surface area contributed by atoms with Gasteiger partial charge in [-0.05, 0) is 60.7 Å². The van der Waals surface area contributed by atoms with Crippen LogP contribution >= 0.6 is 23.8 Å². The number of carbonyl (C=O) groups excluding carboxylic acids is 2. The molecule has 0 saturated carbocycles. The second-order valence-electron chi connectivity index (χ2n) is 7.50. The number of carbonyl (C=O) groups is 2. The van der Waals surface area contributed by atoms with Crippen molar-refractivity contribution in [1.82, 2.24) is 14.5 Å². The number of anilines is 1. The average molecular weight is 497 g/mol. The van der Waals surface area contributed by atoms with E-state index in [1.165, 1.54) is 48.3 Å². The highest BCUT2D eigenvalue weighted by atomic mass is 35.5. The van der Waals surface area contributed by atoms with Gasteiger partial charge >= 0.3 is 0 Å². The van der Waals surface area contributed by atoms with Gasteiger partial charge in [0.05, 0.1) is 23.1 Å². The number of rotatable bonds is 5. The lowest BCUT2D eigenvalue weighted by Crippen LogP contribution is -2.35. The number of benzene rings is 3. The SMILES string of the molecule is CN(CC(=O)Nc1cccc(Cl)c1)C(=O)c1ccc2c(=O)n(-c3ccccc3F)c(=S)[nH]c2c1. The minimum absolute atomic E-state index is 0.0125. The molecule has 4 aromatic rings. The van der Waals surface area contributed by atoms with Crippen molar-refractivity contribution < 1.29 is 14.0 Å². The molecule has 0 saturated heterocycles. The average Bonchev–Trinajstić information content (AvgIpc) is 2.79. The maximum absolute atomic E-state index is 14.2. The van der Waals surface area contributed by atoms with E-state index in [1.54, 1.807) is 30.3 Å². The number of hydrogen-bond acceptors (Lipinski definition) is 4. The lowest BCUT2D eigenvalue weighted by atomic mass is 10.1. The van der Waals surface area contributed by atoms with Crippen molar-refractivity contribution in [2.45, 2.75) is 0 Å². The molecule has 1 aromatic heterocycles. The van der Waals surface area contributed by atoms with Crippen LogP contribution in [0.15, 0.2) is 71.5 Å². The Morgan fingerprint density at radius 1 is 1.12 bits per heavy atom. The van der Waals surface area contributed by atoms with Crippen LogP contribution in [0.25, 0.3) is 16.6 Å². The number of para-hydroxylation sites is 1. The summed E-state index contributed by atoms with van der Waals surface area (Å²) in [5.74, 6) is -1.42. The highest BCUT2D eigenvalue weighted by Crippen LogP contribution is 2.17. The summed E-state index contributed by atoms with van der Waals surface area (Å²) >= 11 is 11.2. The zero-order valence-corrected chi connectivity index (χ0v) is 19.4. The van der Waals surface area contributed by atoms with Gasteiger partial charge in [0.15, 0.2) is 4.77 Å². The topological polar surface area (TPSA) is 87.2 Å². The fourth-order valence-corrected chi connectivity index (χ4v) is 3.96. The summed E-state index contributed by atoms with van der Waals surface area (Å²) in [6.45, 7) is -0.200. The van der Waals surface area contributed by atoms with Crippen molar-refractivity contribution in [1.29, 1.82) is 0 Å². The van der Waals surface area contributed by atoms with Crippen LogP contribution in [0, 0.1) is 10.6 Å². The van der Waals surface area contributed by atoms with Crippen LogP contribution in [0.5, 0.6) is 0 Å². The number of halogens is 2. The minimum Gasteiger partial charge on any atom is -0.332 e. The zero-order chi connectivity index (χ0) is 24.4. The molecule has 0 atom stereocenters. The predicted octanol–water partition coefficient (Wildman–Crippen LogP) is 4.55. The number of aromatic amines is 1. The van der Waals surface area contributed by atoms with Crippen molar-refractivity contribution in [3.63, 3.8) is 0 Å². The Kier molecular flexibility index (Phi) is 6.58. The molecule has 0 fully saturated rings. The van der Waals surface area contributed by atoms with E-state index in [-0.39, 0.29) is 28.0 Å². The van der Waals surface area contributed by atoms with Gasteiger partial charge in [0, 0.05) is 23.3 Å². The first-order chi connectivity index (χ1) is 16.2. The van der Waals surface area contributed by atoms with Crippen LogP contribution in [0.3, 0.4) is 0 Å². The van der Waals surface area contributed by atoms with E-state index in [9.17, 15) is 18.8 Å². The Hall–Kier alpha value is -3.82. The van der Waals surface area contributed by atoms with Crippen LogP contribution in [-0.4, -0.2) is 39.9 Å². The molecular weight excluding hydrogens is 479 g/mol. The third-order valence-corrected chi connectivity index (χ3v) is 5.59. The summed E-state index contributed by atoms with van der Waals surface area (Å²) in [5.41, 5.74) is 0.602. The summed E-state index contributed by atoms with van der Waals surface area (Å²) in [5, 5.41) is 3.39. The molecule has 4 rings (SSSR count). The van der Waals surface area contributed by atoms with Crippen molar-refractivity contribution in [2.24, 2.45) is 0 Å². The molecule has 172 valence electrons. The van der Waals surface area contributed by atoms with Gasteiger partial charge < -0.3 is 15.2 Å². The second kappa shape index (κ2) is 9.58. The Bertz CT molecular complexity index is 1550. The molecule has 0 aliphatic rings. The number of aromatic nitrogens is 2. The van der Waals surface area contributed by atoms with Crippen molar-refractivity contribution >= 4 is 52.2 Å². The first-order valence-electron chi connectivity index (χ1n) is 10.1. The van der Waals surface area contributed by atoms with Gasteiger partial charge in [-0.1, -0.05) is 29.8 Å². The third-order valence-electron chi connectivity index (χ3n) is 5.07. The standard InChI is InChI=1S/C24H18ClFN4O3S/c1-29(13-21(31)27-16-6-4-5-15(25)12-16)22(32)14-9-10-17-19(11-14)28-24(34)30(23(17)33)20-8-3-2-7-18(20)26/h2-12H,13H2,1H3,(H,27,31)(H,28,34). The highest BCUT2D eigenvalue weighted by Gasteiger charge is 2.17. The predicted molar refractivity (Wildman–Crippen MR) is 132 cm³/mol. The summed E-state index contributed by atoms with van der Waals surface area (Å²) in [6, 6.07) is 16.9. The summed E-state index contributed by atoms with van der Waals surface area (Å²) in [7, 11) is 1.49. The molecule has 0 unspecified atom stereocenters. The van der Waals surface area contributed by atoms with Gasteiger partial charge in [0.1, 0.15) is 5.82 Å². The number of amides is 2. The maximum atomic E-state index is 14.2. The Balaban J connectivity index is 1.58. The van der Waals surface area contributed by atoms with Crippen molar-refractivity contribution in [3.05, 3.63) is 98.3 Å². The van der Waals surface area contributed by atoms with Gasteiger partial charge in [0.25, 0.3) is 11.5 Å². The molecule has 2 amide bonds.